The molecule has 0 rings (SSSR count). The van der Waals surface area contributed by atoms with Gasteiger partial charge in [0.1, 0.15) is 0 Å². The minimum Gasteiger partial charge on any atom is -0.399 e. The molecule has 0 atom stereocenters. The zero-order valence-corrected chi connectivity index (χ0v) is 11.4. The average Bonchev–Trinajstić information content (AvgIpc) is 2.28. The second kappa shape index (κ2) is 6.59. The van der Waals surface area contributed by atoms with E-state index in [1.807, 2.05) is 0 Å². The van der Waals surface area contributed by atoms with Crippen molar-refractivity contribution in [2.75, 3.05) is 0 Å². The van der Waals surface area contributed by atoms with E-state index in [2.05, 4.69) is 26.3 Å². The summed E-state index contributed by atoms with van der Waals surface area (Å²) in [4.78, 5) is 0. The Morgan fingerprint density at radius 1 is 0.636 bits per heavy atom. The molecule has 0 aliphatic heterocycles. The lowest BCUT2D eigenvalue weighted by Gasteiger charge is -2.20. The molecule has 0 aromatic carbocycles. The molecule has 0 aromatic heterocycles. The van der Waals surface area contributed by atoms with Crippen LogP contribution in [0.15, 0.2) is 72.2 Å². The van der Waals surface area contributed by atoms with Gasteiger partial charge in [-0.15, -0.1) is 0 Å². The van der Waals surface area contributed by atoms with Crippen molar-refractivity contribution >= 4 is 0 Å². The largest absolute Gasteiger partial charge is 0.417 e. The van der Waals surface area contributed by atoms with Crippen LogP contribution in [-0.2, 0) is 0 Å². The lowest BCUT2D eigenvalue weighted by molar-refractivity contribution is -0.0928. The van der Waals surface area contributed by atoms with E-state index >= 15 is 0 Å². The van der Waals surface area contributed by atoms with E-state index in [-0.39, 0.29) is 0 Å². The predicted octanol–water partition coefficient (Wildman–Crippen LogP) is 4.02. The summed E-state index contributed by atoms with van der Waals surface area (Å²) < 4.78 is 77.4. The van der Waals surface area contributed by atoms with Crippen LogP contribution in [0.3, 0.4) is 0 Å². The van der Waals surface area contributed by atoms with Gasteiger partial charge in [0.05, 0.1) is 11.1 Å². The normalized spacial score (nSPS) is 13.7. The quantitative estimate of drug-likeness (QED) is 0.593. The van der Waals surface area contributed by atoms with Crippen molar-refractivity contribution in [3.8, 4) is 0 Å². The van der Waals surface area contributed by atoms with Gasteiger partial charge in [-0.1, -0.05) is 26.3 Å². The Morgan fingerprint density at radius 2 is 0.864 bits per heavy atom. The Labute approximate surface area is 123 Å². The molecule has 0 amide bonds. The van der Waals surface area contributed by atoms with Crippen molar-refractivity contribution < 1.29 is 26.3 Å². The minimum atomic E-state index is -4.99. The standard InChI is InChI=1S/C14H14F6N2/c1-7(21)5-11(13(15,16)17)9(3)10(4)12(6-8(2)22)14(18,19)20/h5-6H,1-4,21-22H2/b11-5+,12-6+. The molecule has 0 heterocycles. The lowest BCUT2D eigenvalue weighted by Crippen LogP contribution is -2.20. The van der Waals surface area contributed by atoms with E-state index in [1.54, 1.807) is 0 Å². The van der Waals surface area contributed by atoms with Crippen molar-refractivity contribution in [3.63, 3.8) is 0 Å². The zero-order valence-electron chi connectivity index (χ0n) is 11.4. The first-order valence-electron chi connectivity index (χ1n) is 5.53. The first-order chi connectivity index (χ1) is 9.67. The molecule has 0 unspecified atom stereocenters. The molecule has 0 saturated heterocycles. The number of hydrogen-bond donors (Lipinski definition) is 2. The molecular weight excluding hydrogens is 310 g/mol. The lowest BCUT2D eigenvalue weighted by atomic mass is 9.92. The molecule has 122 valence electrons. The van der Waals surface area contributed by atoms with E-state index < -0.39 is 46.0 Å². The van der Waals surface area contributed by atoms with Crippen LogP contribution < -0.4 is 11.5 Å². The first kappa shape index (κ1) is 19.6. The van der Waals surface area contributed by atoms with Gasteiger partial charge in [-0.25, -0.2) is 0 Å². The second-order valence-corrected chi connectivity index (χ2v) is 4.22. The highest BCUT2D eigenvalue weighted by Crippen LogP contribution is 2.40. The van der Waals surface area contributed by atoms with Crippen molar-refractivity contribution in [1.29, 1.82) is 0 Å². The number of hydrogen-bond acceptors (Lipinski definition) is 2. The molecule has 4 N–H and O–H groups in total. The van der Waals surface area contributed by atoms with E-state index in [0.717, 1.165) is 0 Å². The number of rotatable bonds is 5. The Bertz CT molecular complexity index is 521. The SMILES string of the molecule is C=C(N)/C=C(\C(=C)C(=C)/C(=C\C(=C)N)C(F)(F)F)C(F)(F)F. The Balaban J connectivity index is 6.00. The molecule has 0 aromatic rings. The van der Waals surface area contributed by atoms with Crippen molar-refractivity contribution in [1.82, 2.24) is 0 Å². The Morgan fingerprint density at radius 3 is 1.00 bits per heavy atom. The molecule has 0 fully saturated rings. The molecule has 2 nitrogen and oxygen atoms in total. The number of nitrogens with two attached hydrogens (primary N) is 2. The molecule has 0 radical (unpaired) electrons. The highest BCUT2D eigenvalue weighted by molar-refractivity contribution is 5.58. The van der Waals surface area contributed by atoms with Gasteiger partial charge in [0, 0.05) is 11.4 Å². The van der Waals surface area contributed by atoms with E-state index in [4.69, 9.17) is 11.5 Å². The number of alkyl halides is 6. The van der Waals surface area contributed by atoms with Gasteiger partial charge in [-0.05, 0) is 23.3 Å². The fraction of sp³-hybridized carbons (Fsp3) is 0.143. The van der Waals surface area contributed by atoms with Crippen LogP contribution in [-0.4, -0.2) is 12.4 Å². The van der Waals surface area contributed by atoms with Gasteiger partial charge in [0.15, 0.2) is 0 Å². The smallest absolute Gasteiger partial charge is 0.399 e. The van der Waals surface area contributed by atoms with Gasteiger partial charge < -0.3 is 11.5 Å². The third-order valence-corrected chi connectivity index (χ3v) is 2.28. The second-order valence-electron chi connectivity index (χ2n) is 4.22. The molecule has 8 heteroatoms. The van der Waals surface area contributed by atoms with Gasteiger partial charge in [0.25, 0.3) is 0 Å². The molecule has 0 aliphatic rings. The topological polar surface area (TPSA) is 52.0 Å². The van der Waals surface area contributed by atoms with E-state index in [9.17, 15) is 26.3 Å². The summed E-state index contributed by atoms with van der Waals surface area (Å²) in [5.74, 6) is 0. The van der Waals surface area contributed by atoms with Crippen LogP contribution in [0, 0.1) is 0 Å². The maximum absolute atomic E-state index is 12.9. The first-order valence-corrected chi connectivity index (χ1v) is 5.53. The summed E-state index contributed by atoms with van der Waals surface area (Å²) in [6.45, 7) is 12.1. The monoisotopic (exact) mass is 324 g/mol. The van der Waals surface area contributed by atoms with Crippen molar-refractivity contribution in [2.24, 2.45) is 11.5 Å². The molecule has 22 heavy (non-hydrogen) atoms. The van der Waals surface area contributed by atoms with Crippen LogP contribution in [0.1, 0.15) is 0 Å². The summed E-state index contributed by atoms with van der Waals surface area (Å²) in [6.07, 6.45) is -9.23. The van der Waals surface area contributed by atoms with Crippen LogP contribution in [0.5, 0.6) is 0 Å². The zero-order chi connectivity index (χ0) is 17.9. The highest BCUT2D eigenvalue weighted by atomic mass is 19.4. The van der Waals surface area contributed by atoms with Gasteiger partial charge in [-0.2, -0.15) is 26.3 Å². The van der Waals surface area contributed by atoms with Gasteiger partial charge in [0.2, 0.25) is 0 Å². The van der Waals surface area contributed by atoms with Gasteiger partial charge in [-0.3, -0.25) is 0 Å². The highest BCUT2D eigenvalue weighted by Gasteiger charge is 2.41. The van der Waals surface area contributed by atoms with E-state index in [0.29, 0.717) is 12.2 Å². The fourth-order valence-electron chi connectivity index (χ4n) is 1.38. The van der Waals surface area contributed by atoms with Crippen LogP contribution in [0.25, 0.3) is 0 Å². The third-order valence-electron chi connectivity index (χ3n) is 2.28. The molecule has 0 bridgehead atoms. The van der Waals surface area contributed by atoms with Crippen molar-refractivity contribution in [3.05, 3.63) is 72.2 Å². The van der Waals surface area contributed by atoms with Crippen molar-refractivity contribution in [2.45, 2.75) is 12.4 Å². The van der Waals surface area contributed by atoms with Crippen LogP contribution in [0.4, 0.5) is 26.3 Å². The predicted molar refractivity (Wildman–Crippen MR) is 73.2 cm³/mol. The summed E-state index contributed by atoms with van der Waals surface area (Å²) >= 11 is 0. The molecule has 0 saturated carbocycles. The molecule has 0 aliphatic carbocycles. The Hall–Kier alpha value is -2.38. The minimum absolute atomic E-state index is 0.374. The Kier molecular flexibility index (Phi) is 5.88. The number of halogens is 6. The summed E-state index contributed by atoms with van der Waals surface area (Å²) in [7, 11) is 0. The number of allylic oxidation sites excluding steroid dienone is 6. The summed E-state index contributed by atoms with van der Waals surface area (Å²) in [6, 6.07) is 0. The molecule has 0 spiro atoms. The summed E-state index contributed by atoms with van der Waals surface area (Å²) in [5.41, 5.74) is 4.16. The third kappa shape index (κ3) is 5.55. The fourth-order valence-corrected chi connectivity index (χ4v) is 1.38. The molecular formula is C14H14F6N2. The maximum Gasteiger partial charge on any atom is 0.417 e. The van der Waals surface area contributed by atoms with Crippen LogP contribution >= 0.6 is 0 Å². The van der Waals surface area contributed by atoms with Crippen LogP contribution in [0.2, 0.25) is 0 Å². The average molecular weight is 324 g/mol. The van der Waals surface area contributed by atoms with Gasteiger partial charge >= 0.3 is 12.4 Å². The summed E-state index contributed by atoms with van der Waals surface area (Å²) in [5, 5.41) is 0. The van der Waals surface area contributed by atoms with E-state index in [1.165, 1.54) is 0 Å². The maximum atomic E-state index is 12.9.